The maximum Gasteiger partial charge on any atom is 0.337 e. The van der Waals surface area contributed by atoms with E-state index in [0.29, 0.717) is 17.8 Å². The molecule has 0 radical (unpaired) electrons. The van der Waals surface area contributed by atoms with Crippen LogP contribution in [0.4, 0.5) is 0 Å². The van der Waals surface area contributed by atoms with Gasteiger partial charge in [-0.15, -0.1) is 5.10 Å². The molecule has 19 heavy (non-hydrogen) atoms. The number of aromatic nitrogens is 3. The molecular formula is C12H9ClN4O2. The Bertz CT molecular complexity index is 688. The van der Waals surface area contributed by atoms with Crippen LogP contribution in [0.15, 0.2) is 18.2 Å². The second-order valence-corrected chi connectivity index (χ2v) is 4.14. The Morgan fingerprint density at radius 1 is 1.58 bits per heavy atom. The second kappa shape index (κ2) is 5.08. The number of rotatable bonds is 3. The molecule has 96 valence electrons. The third kappa shape index (κ3) is 2.28. The zero-order valence-electron chi connectivity index (χ0n) is 9.96. The van der Waals surface area contributed by atoms with Crippen LogP contribution in [0.5, 0.6) is 0 Å². The summed E-state index contributed by atoms with van der Waals surface area (Å²) in [6.07, 6.45) is 0.556. The van der Waals surface area contributed by atoms with Gasteiger partial charge in [0.2, 0.25) is 0 Å². The lowest BCUT2D eigenvalue weighted by Crippen LogP contribution is -2.05. The molecule has 6 nitrogen and oxygen atoms in total. The molecule has 0 aliphatic heterocycles. The first-order valence-electron chi connectivity index (χ1n) is 5.46. The lowest BCUT2D eigenvalue weighted by molar-refractivity contribution is 0.0697. The fourth-order valence-corrected chi connectivity index (χ4v) is 1.92. The Kier molecular flexibility index (Phi) is 3.49. The van der Waals surface area contributed by atoms with Crippen LogP contribution in [0.1, 0.15) is 28.7 Å². The topological polar surface area (TPSA) is 91.8 Å². The number of aromatic carboxylic acids is 1. The summed E-state index contributed by atoms with van der Waals surface area (Å²) >= 11 is 5.81. The van der Waals surface area contributed by atoms with Crippen molar-refractivity contribution in [2.75, 3.05) is 0 Å². The fourth-order valence-electron chi connectivity index (χ4n) is 1.72. The first-order chi connectivity index (χ1) is 9.08. The third-order valence-electron chi connectivity index (χ3n) is 2.63. The summed E-state index contributed by atoms with van der Waals surface area (Å²) in [5.41, 5.74) is 1.35. The molecular weight excluding hydrogens is 268 g/mol. The fraction of sp³-hybridized carbons (Fsp3) is 0.167. The van der Waals surface area contributed by atoms with Gasteiger partial charge in [0.1, 0.15) is 6.07 Å². The average Bonchev–Trinajstić information content (AvgIpc) is 2.81. The van der Waals surface area contributed by atoms with Gasteiger partial charge in [0.25, 0.3) is 0 Å². The second-order valence-electron chi connectivity index (χ2n) is 3.73. The van der Waals surface area contributed by atoms with E-state index in [1.165, 1.54) is 16.8 Å². The van der Waals surface area contributed by atoms with Gasteiger partial charge in [-0.05, 0) is 24.6 Å². The van der Waals surface area contributed by atoms with Crippen molar-refractivity contribution in [1.29, 1.82) is 5.26 Å². The van der Waals surface area contributed by atoms with Crippen LogP contribution in [-0.4, -0.2) is 26.1 Å². The van der Waals surface area contributed by atoms with E-state index in [1.54, 1.807) is 6.07 Å². The van der Waals surface area contributed by atoms with Gasteiger partial charge in [-0.1, -0.05) is 23.7 Å². The van der Waals surface area contributed by atoms with Crippen molar-refractivity contribution < 1.29 is 9.90 Å². The van der Waals surface area contributed by atoms with Crippen LogP contribution >= 0.6 is 11.6 Å². The first-order valence-corrected chi connectivity index (χ1v) is 5.84. The lowest BCUT2D eigenvalue weighted by atomic mass is 10.2. The van der Waals surface area contributed by atoms with Gasteiger partial charge in [0.15, 0.2) is 5.69 Å². The highest BCUT2D eigenvalue weighted by molar-refractivity contribution is 6.33. The molecule has 0 unspecified atom stereocenters. The number of benzene rings is 1. The van der Waals surface area contributed by atoms with Gasteiger partial charge >= 0.3 is 5.97 Å². The van der Waals surface area contributed by atoms with Gasteiger partial charge in [0, 0.05) is 0 Å². The molecule has 1 aromatic heterocycles. The Morgan fingerprint density at radius 2 is 2.32 bits per heavy atom. The van der Waals surface area contributed by atoms with E-state index < -0.39 is 5.97 Å². The molecule has 0 aliphatic carbocycles. The van der Waals surface area contributed by atoms with E-state index in [4.69, 9.17) is 22.0 Å². The van der Waals surface area contributed by atoms with Crippen LogP contribution in [0.25, 0.3) is 5.69 Å². The van der Waals surface area contributed by atoms with Crippen molar-refractivity contribution in [2.45, 2.75) is 13.3 Å². The van der Waals surface area contributed by atoms with E-state index in [0.717, 1.165) is 0 Å². The van der Waals surface area contributed by atoms with Gasteiger partial charge < -0.3 is 5.11 Å². The molecule has 0 spiro atoms. The molecule has 0 bridgehead atoms. The molecule has 0 amide bonds. The summed E-state index contributed by atoms with van der Waals surface area (Å²) in [5, 5.41) is 25.7. The van der Waals surface area contributed by atoms with Crippen LogP contribution in [0, 0.1) is 11.3 Å². The van der Waals surface area contributed by atoms with Gasteiger partial charge in [-0.25, -0.2) is 9.48 Å². The number of nitriles is 1. The molecule has 1 heterocycles. The van der Waals surface area contributed by atoms with E-state index >= 15 is 0 Å². The monoisotopic (exact) mass is 276 g/mol. The number of hydrogen-bond donors (Lipinski definition) is 1. The first kappa shape index (κ1) is 13.1. The number of nitrogens with zero attached hydrogens (tertiary/aromatic N) is 4. The van der Waals surface area contributed by atoms with Gasteiger partial charge in [-0.2, -0.15) is 5.26 Å². The number of carbonyl (C=O) groups is 1. The molecule has 7 heteroatoms. The van der Waals surface area contributed by atoms with Crippen molar-refractivity contribution in [3.8, 4) is 11.8 Å². The maximum atomic E-state index is 11.0. The van der Waals surface area contributed by atoms with Crippen molar-refractivity contribution >= 4 is 17.6 Å². The largest absolute Gasteiger partial charge is 0.478 e. The third-order valence-corrected chi connectivity index (χ3v) is 2.96. The minimum absolute atomic E-state index is 0.0183. The number of carboxylic acids is 1. The summed E-state index contributed by atoms with van der Waals surface area (Å²) < 4.78 is 1.45. The molecule has 1 aromatic carbocycles. The minimum atomic E-state index is -1.12. The SMILES string of the molecule is CCc1c(C#N)nnn1-c1ccc(Cl)c(C(=O)O)c1. The number of hydrogen-bond acceptors (Lipinski definition) is 4. The standard InChI is InChI=1S/C12H9ClN4O2/c1-2-11-10(6-14)15-16-17(11)7-3-4-9(13)8(5-7)12(18)19/h3-5H,2H2,1H3,(H,18,19). The van der Waals surface area contributed by atoms with Crippen LogP contribution in [0.2, 0.25) is 5.02 Å². The molecule has 0 saturated carbocycles. The Balaban J connectivity index is 2.60. The van der Waals surface area contributed by atoms with Gasteiger partial charge in [0.05, 0.1) is 22.0 Å². The van der Waals surface area contributed by atoms with Crippen molar-refractivity contribution in [2.24, 2.45) is 0 Å². The van der Waals surface area contributed by atoms with E-state index in [2.05, 4.69) is 10.3 Å². The summed E-state index contributed by atoms with van der Waals surface area (Å²) in [7, 11) is 0. The highest BCUT2D eigenvalue weighted by atomic mass is 35.5. The summed E-state index contributed by atoms with van der Waals surface area (Å²) in [6, 6.07) is 6.46. The average molecular weight is 277 g/mol. The number of halogens is 1. The zero-order valence-corrected chi connectivity index (χ0v) is 10.7. The molecule has 2 rings (SSSR count). The summed E-state index contributed by atoms with van der Waals surface area (Å²) in [4.78, 5) is 11.0. The Labute approximate surface area is 113 Å². The van der Waals surface area contributed by atoms with E-state index in [1.807, 2.05) is 13.0 Å². The van der Waals surface area contributed by atoms with Crippen molar-refractivity contribution in [3.05, 3.63) is 40.2 Å². The molecule has 0 saturated heterocycles. The predicted molar refractivity (Wildman–Crippen MR) is 67.4 cm³/mol. The summed E-state index contributed by atoms with van der Waals surface area (Å²) in [6.45, 7) is 1.87. The normalized spacial score (nSPS) is 10.2. The predicted octanol–water partition coefficient (Wildman–Crippen LogP) is 2.05. The smallest absolute Gasteiger partial charge is 0.337 e. The Morgan fingerprint density at radius 3 is 2.89 bits per heavy atom. The van der Waals surface area contributed by atoms with Crippen LogP contribution < -0.4 is 0 Å². The lowest BCUT2D eigenvalue weighted by Gasteiger charge is -2.06. The highest BCUT2D eigenvalue weighted by Gasteiger charge is 2.15. The molecule has 1 N–H and O–H groups in total. The van der Waals surface area contributed by atoms with Crippen molar-refractivity contribution in [3.63, 3.8) is 0 Å². The molecule has 2 aromatic rings. The quantitative estimate of drug-likeness (QED) is 0.926. The van der Waals surface area contributed by atoms with Crippen LogP contribution in [-0.2, 0) is 6.42 Å². The van der Waals surface area contributed by atoms with E-state index in [9.17, 15) is 4.79 Å². The maximum absolute atomic E-state index is 11.0. The molecule has 0 aliphatic rings. The molecule has 0 atom stereocenters. The Hall–Kier alpha value is -2.39. The van der Waals surface area contributed by atoms with Gasteiger partial charge in [-0.3, -0.25) is 0 Å². The minimum Gasteiger partial charge on any atom is -0.478 e. The van der Waals surface area contributed by atoms with Crippen LogP contribution in [0.3, 0.4) is 0 Å². The zero-order chi connectivity index (χ0) is 14.0. The van der Waals surface area contributed by atoms with E-state index in [-0.39, 0.29) is 16.3 Å². The summed E-state index contributed by atoms with van der Waals surface area (Å²) in [5.74, 6) is -1.12. The highest BCUT2D eigenvalue weighted by Crippen LogP contribution is 2.21. The van der Waals surface area contributed by atoms with Crippen molar-refractivity contribution in [1.82, 2.24) is 15.0 Å². The number of carboxylic acid groups (broad SMARTS) is 1. The molecule has 0 fully saturated rings.